The zero-order valence-corrected chi connectivity index (χ0v) is 15.5. The molecular weight excluding hydrogens is 332 g/mol. The van der Waals surface area contributed by atoms with E-state index in [9.17, 15) is 14.4 Å². The van der Waals surface area contributed by atoms with Crippen LogP contribution in [0.3, 0.4) is 0 Å². The number of nitrogens with zero attached hydrogens (tertiary/aromatic N) is 1. The van der Waals surface area contributed by atoms with E-state index in [-0.39, 0.29) is 36.1 Å². The first-order chi connectivity index (χ1) is 12.3. The minimum Gasteiger partial charge on any atom is -0.392 e. The molecule has 1 heterocycles. The summed E-state index contributed by atoms with van der Waals surface area (Å²) < 4.78 is 1.25. The number of aliphatic hydroxyl groups excluding tert-OH is 1. The van der Waals surface area contributed by atoms with E-state index in [0.717, 1.165) is 11.1 Å². The third-order valence-electron chi connectivity index (χ3n) is 4.07. The molecule has 1 aromatic heterocycles. The third kappa shape index (κ3) is 4.08. The van der Waals surface area contributed by atoms with Gasteiger partial charge >= 0.3 is 5.69 Å². The van der Waals surface area contributed by atoms with Crippen LogP contribution in [-0.4, -0.2) is 27.0 Å². The number of aryl methyl sites for hydroxylation is 2. The van der Waals surface area contributed by atoms with Gasteiger partial charge in [-0.3, -0.25) is 19.1 Å². The highest BCUT2D eigenvalue weighted by atomic mass is 16.2. The lowest BCUT2D eigenvalue weighted by Gasteiger charge is -2.16. The Balaban J connectivity index is 2.77. The fraction of sp³-hybridized carbons (Fsp3) is 0.350. The minimum atomic E-state index is -0.644. The second kappa shape index (κ2) is 8.10. The predicted octanol–water partition coefficient (Wildman–Crippen LogP) is 2.06. The van der Waals surface area contributed by atoms with Crippen LogP contribution >= 0.6 is 0 Å². The van der Waals surface area contributed by atoms with Gasteiger partial charge < -0.3 is 5.11 Å². The Morgan fingerprint density at radius 2 is 1.77 bits per heavy atom. The summed E-state index contributed by atoms with van der Waals surface area (Å²) in [4.78, 5) is 40.3. The number of hydrogen-bond acceptors (Lipinski definition) is 4. The summed E-state index contributed by atoms with van der Waals surface area (Å²) in [7, 11) is 0. The molecule has 0 saturated heterocycles. The molecule has 2 N–H and O–H groups in total. The van der Waals surface area contributed by atoms with E-state index in [2.05, 4.69) is 4.98 Å². The van der Waals surface area contributed by atoms with Crippen LogP contribution in [0.4, 0.5) is 0 Å². The van der Waals surface area contributed by atoms with Crippen LogP contribution in [0, 0.1) is 13.8 Å². The molecule has 0 bridgehead atoms. The average Bonchev–Trinajstić information content (AvgIpc) is 2.54. The molecule has 2 aromatic rings. The van der Waals surface area contributed by atoms with Gasteiger partial charge in [0.2, 0.25) is 5.78 Å². The minimum absolute atomic E-state index is 0.0851. The van der Waals surface area contributed by atoms with Crippen molar-refractivity contribution in [2.24, 2.45) is 0 Å². The molecule has 0 saturated carbocycles. The Morgan fingerprint density at radius 3 is 2.31 bits per heavy atom. The van der Waals surface area contributed by atoms with Gasteiger partial charge in [0.1, 0.15) is 5.69 Å². The first-order valence-electron chi connectivity index (χ1n) is 8.52. The SMILES string of the molecule is Cc1cc(C)cc(C(=O)c2c(C(C)C)c(=O)[nH]c(=O)n2C/C=C/CO)c1. The number of aliphatic hydroxyl groups is 1. The Morgan fingerprint density at radius 1 is 1.15 bits per heavy atom. The predicted molar refractivity (Wildman–Crippen MR) is 101 cm³/mol. The highest BCUT2D eigenvalue weighted by Crippen LogP contribution is 2.19. The molecule has 0 atom stereocenters. The molecule has 26 heavy (non-hydrogen) atoms. The van der Waals surface area contributed by atoms with Crippen LogP contribution in [0.5, 0.6) is 0 Å². The van der Waals surface area contributed by atoms with Crippen molar-refractivity contribution in [3.8, 4) is 0 Å². The van der Waals surface area contributed by atoms with Crippen molar-refractivity contribution in [2.45, 2.75) is 40.2 Å². The smallest absolute Gasteiger partial charge is 0.329 e. The summed E-state index contributed by atoms with van der Waals surface area (Å²) in [6, 6.07) is 5.45. The molecule has 6 heteroatoms. The van der Waals surface area contributed by atoms with E-state index >= 15 is 0 Å². The molecule has 0 radical (unpaired) electrons. The number of aromatic nitrogens is 2. The third-order valence-corrected chi connectivity index (χ3v) is 4.07. The van der Waals surface area contributed by atoms with Crippen molar-refractivity contribution in [1.29, 1.82) is 0 Å². The maximum absolute atomic E-state index is 13.2. The molecule has 0 amide bonds. The number of aromatic amines is 1. The molecule has 0 aliphatic rings. The standard InChI is InChI=1S/C20H24N2O4/c1-12(2)16-17(18(24)15-10-13(3)9-14(4)11-15)22(7-5-6-8-23)20(26)21-19(16)25/h5-6,9-12,23H,7-8H2,1-4H3,(H,21,25,26)/b6-5+. The summed E-state index contributed by atoms with van der Waals surface area (Å²) in [5.41, 5.74) is 1.49. The fourth-order valence-corrected chi connectivity index (χ4v) is 3.04. The van der Waals surface area contributed by atoms with E-state index in [1.165, 1.54) is 10.6 Å². The number of allylic oxidation sites excluding steroid dienone is 1. The van der Waals surface area contributed by atoms with Gasteiger partial charge in [-0.1, -0.05) is 43.2 Å². The van der Waals surface area contributed by atoms with E-state index in [1.54, 1.807) is 32.1 Å². The van der Waals surface area contributed by atoms with E-state index in [0.29, 0.717) is 5.56 Å². The lowest BCUT2D eigenvalue weighted by Crippen LogP contribution is -2.37. The van der Waals surface area contributed by atoms with Crippen LogP contribution in [0.1, 0.15) is 52.5 Å². The number of carbonyl (C=O) groups is 1. The van der Waals surface area contributed by atoms with Crippen molar-refractivity contribution in [3.63, 3.8) is 0 Å². The Kier molecular flexibility index (Phi) is 6.10. The molecule has 0 aliphatic heterocycles. The van der Waals surface area contributed by atoms with Crippen molar-refractivity contribution < 1.29 is 9.90 Å². The monoisotopic (exact) mass is 356 g/mol. The van der Waals surface area contributed by atoms with Crippen LogP contribution < -0.4 is 11.2 Å². The van der Waals surface area contributed by atoms with Gasteiger partial charge in [-0.05, 0) is 31.9 Å². The number of H-pyrrole nitrogens is 1. The number of nitrogens with one attached hydrogen (secondary N) is 1. The summed E-state index contributed by atoms with van der Waals surface area (Å²) in [5.74, 6) is -0.599. The number of rotatable bonds is 6. The van der Waals surface area contributed by atoms with Gasteiger partial charge in [-0.25, -0.2) is 4.79 Å². The Labute approximate surface area is 151 Å². The maximum atomic E-state index is 13.2. The summed E-state index contributed by atoms with van der Waals surface area (Å²) in [6.45, 7) is 7.31. The van der Waals surface area contributed by atoms with E-state index < -0.39 is 11.2 Å². The van der Waals surface area contributed by atoms with Gasteiger partial charge in [0, 0.05) is 17.7 Å². The Bertz CT molecular complexity index is 945. The quantitative estimate of drug-likeness (QED) is 0.612. The summed E-state index contributed by atoms with van der Waals surface area (Å²) in [5, 5.41) is 8.92. The van der Waals surface area contributed by atoms with Crippen LogP contribution in [0.25, 0.3) is 0 Å². The normalized spacial score (nSPS) is 11.5. The molecule has 0 unspecified atom stereocenters. The first kappa shape index (κ1) is 19.6. The number of hydrogen-bond donors (Lipinski definition) is 2. The second-order valence-corrected chi connectivity index (χ2v) is 6.65. The van der Waals surface area contributed by atoms with Gasteiger partial charge in [0.25, 0.3) is 5.56 Å². The molecule has 1 aromatic carbocycles. The van der Waals surface area contributed by atoms with Crippen LogP contribution in [-0.2, 0) is 6.54 Å². The van der Waals surface area contributed by atoms with Crippen molar-refractivity contribution in [2.75, 3.05) is 6.61 Å². The number of ketones is 1. The first-order valence-corrected chi connectivity index (χ1v) is 8.52. The summed E-state index contributed by atoms with van der Waals surface area (Å²) >= 11 is 0. The van der Waals surface area contributed by atoms with Gasteiger partial charge in [0.05, 0.1) is 6.61 Å². The number of carbonyl (C=O) groups excluding carboxylic acids is 1. The van der Waals surface area contributed by atoms with Crippen LogP contribution in [0.2, 0.25) is 0 Å². The molecule has 2 rings (SSSR count). The lowest BCUT2D eigenvalue weighted by molar-refractivity contribution is 0.102. The molecular formula is C20H24N2O4. The van der Waals surface area contributed by atoms with Crippen LogP contribution in [0.15, 0.2) is 39.9 Å². The van der Waals surface area contributed by atoms with Crippen molar-refractivity contribution in [1.82, 2.24) is 9.55 Å². The van der Waals surface area contributed by atoms with Crippen molar-refractivity contribution >= 4 is 5.78 Å². The highest BCUT2D eigenvalue weighted by Gasteiger charge is 2.24. The van der Waals surface area contributed by atoms with Gasteiger partial charge in [-0.2, -0.15) is 0 Å². The average molecular weight is 356 g/mol. The van der Waals surface area contributed by atoms with E-state index in [1.807, 2.05) is 19.9 Å². The zero-order chi connectivity index (χ0) is 19.4. The molecule has 0 spiro atoms. The van der Waals surface area contributed by atoms with Crippen molar-refractivity contribution in [3.05, 3.63) is 79.1 Å². The lowest BCUT2D eigenvalue weighted by atomic mass is 9.95. The van der Waals surface area contributed by atoms with E-state index in [4.69, 9.17) is 5.11 Å². The zero-order valence-electron chi connectivity index (χ0n) is 15.5. The molecule has 138 valence electrons. The number of benzene rings is 1. The maximum Gasteiger partial charge on any atom is 0.329 e. The summed E-state index contributed by atoms with van der Waals surface area (Å²) in [6.07, 6.45) is 3.07. The largest absolute Gasteiger partial charge is 0.392 e. The van der Waals surface area contributed by atoms with Gasteiger partial charge in [-0.15, -0.1) is 0 Å². The highest BCUT2D eigenvalue weighted by molar-refractivity contribution is 6.09. The second-order valence-electron chi connectivity index (χ2n) is 6.65. The molecule has 0 fully saturated rings. The molecule has 0 aliphatic carbocycles. The topological polar surface area (TPSA) is 92.2 Å². The molecule has 6 nitrogen and oxygen atoms in total. The Hall–Kier alpha value is -2.73. The van der Waals surface area contributed by atoms with Gasteiger partial charge in [0.15, 0.2) is 0 Å². The fourth-order valence-electron chi connectivity index (χ4n) is 3.04.